The van der Waals surface area contributed by atoms with Crippen LogP contribution in [0.2, 0.25) is 0 Å². The van der Waals surface area contributed by atoms with E-state index in [2.05, 4.69) is 16.5 Å². The summed E-state index contributed by atoms with van der Waals surface area (Å²) in [6.07, 6.45) is -3.52. The van der Waals surface area contributed by atoms with Gasteiger partial charge in [-0.15, -0.1) is 0 Å². The number of hydrogen-bond acceptors (Lipinski definition) is 10. The molecule has 5 rings (SSSR count). The van der Waals surface area contributed by atoms with Gasteiger partial charge in [-0.2, -0.15) is 0 Å². The fraction of sp³-hybridized carbons (Fsp3) is 0.543. The monoisotopic (exact) mass is 752 g/mol. The number of fused-ring (bicyclic) bond motifs is 3. The Labute approximate surface area is 305 Å². The predicted molar refractivity (Wildman–Crippen MR) is 191 cm³/mol. The third kappa shape index (κ3) is 7.34. The highest BCUT2D eigenvalue weighted by atomic mass is 35.6. The molecule has 0 bridgehead atoms. The van der Waals surface area contributed by atoms with Crippen molar-refractivity contribution in [3.8, 4) is 0 Å². The second-order valence-corrected chi connectivity index (χ2v) is 15.7. The van der Waals surface area contributed by atoms with E-state index in [-0.39, 0.29) is 43.3 Å². The van der Waals surface area contributed by atoms with Crippen LogP contribution in [0.5, 0.6) is 0 Å². The summed E-state index contributed by atoms with van der Waals surface area (Å²) >= 11 is 17.8. The molecule has 2 aromatic heterocycles. The molecular formula is C35H43Cl3N4O8. The summed E-state index contributed by atoms with van der Waals surface area (Å²) in [5.41, 5.74) is 0.889. The van der Waals surface area contributed by atoms with Crippen molar-refractivity contribution in [1.82, 2.24) is 14.9 Å². The van der Waals surface area contributed by atoms with Crippen LogP contribution in [0.3, 0.4) is 0 Å². The normalized spacial score (nSPS) is 28.8. The van der Waals surface area contributed by atoms with Gasteiger partial charge in [0.2, 0.25) is 12.2 Å². The molecular weight excluding hydrogens is 711 g/mol. The minimum Gasteiger partial charge on any atom is -0.445 e. The van der Waals surface area contributed by atoms with E-state index in [0.717, 1.165) is 21.9 Å². The second kappa shape index (κ2) is 14.9. The molecule has 8 atom stereocenters. The van der Waals surface area contributed by atoms with Gasteiger partial charge in [-0.05, 0) is 58.7 Å². The number of amides is 1. The standard InChI is InChI=1S/C35H43Cl3N4O8/c1-8-13-46-33(45)42(17(2)3)24-16-47-25(15-19(24)5)49-28-30(44)34(7,20(6)48-31(28)50-32(39)35(36,37)38)29(43)27-26-21(11-12-40-27)22-14-18(4)9-10-23(22)41-26/h8-12,14,17,19-20,24-25,28,30-31,39,41,44H,1,13,15-16H2,2-7H3. The topological polar surface area (TPSA) is 156 Å². The molecule has 2 aliphatic heterocycles. The van der Waals surface area contributed by atoms with Crippen LogP contribution in [0.15, 0.2) is 43.1 Å². The molecule has 50 heavy (non-hydrogen) atoms. The lowest BCUT2D eigenvalue weighted by molar-refractivity contribution is -0.323. The number of aliphatic hydroxyl groups is 1. The van der Waals surface area contributed by atoms with Crippen LogP contribution in [0.1, 0.15) is 57.1 Å². The maximum Gasteiger partial charge on any atom is 0.410 e. The molecule has 12 nitrogen and oxygen atoms in total. The van der Waals surface area contributed by atoms with Crippen molar-refractivity contribution in [3.63, 3.8) is 0 Å². The zero-order valence-electron chi connectivity index (χ0n) is 28.7. The molecule has 4 heterocycles. The summed E-state index contributed by atoms with van der Waals surface area (Å²) in [6.45, 7) is 14.6. The Bertz CT molecular complexity index is 1760. The number of aliphatic hydroxyl groups excluding tert-OH is 1. The van der Waals surface area contributed by atoms with Gasteiger partial charge in [-0.25, -0.2) is 4.79 Å². The smallest absolute Gasteiger partial charge is 0.410 e. The molecule has 0 saturated carbocycles. The van der Waals surface area contributed by atoms with E-state index in [4.69, 9.17) is 63.9 Å². The van der Waals surface area contributed by atoms with E-state index >= 15 is 0 Å². The van der Waals surface area contributed by atoms with Crippen molar-refractivity contribution < 1.29 is 38.4 Å². The SMILES string of the molecule is C=CCOC(=O)N(C(C)C)C1COC(OC2C(OC(=N)C(Cl)(Cl)Cl)OC(C)C(C)(C(=O)c3nccc4c3[nH]c3ccc(C)cc34)C2O)CC1C. The van der Waals surface area contributed by atoms with Crippen molar-refractivity contribution in [2.75, 3.05) is 13.2 Å². The van der Waals surface area contributed by atoms with Crippen molar-refractivity contribution in [3.05, 3.63) is 54.4 Å². The summed E-state index contributed by atoms with van der Waals surface area (Å²) in [7, 11) is 0. The molecule has 2 fully saturated rings. The van der Waals surface area contributed by atoms with Crippen LogP contribution in [-0.4, -0.2) is 97.7 Å². The molecule has 0 radical (unpaired) electrons. The number of H-pyrrole nitrogens is 1. The van der Waals surface area contributed by atoms with E-state index in [1.165, 1.54) is 6.08 Å². The van der Waals surface area contributed by atoms with Crippen molar-refractivity contribution in [2.24, 2.45) is 11.3 Å². The Morgan fingerprint density at radius 2 is 1.98 bits per heavy atom. The summed E-state index contributed by atoms with van der Waals surface area (Å²) < 4.78 is 27.4. The van der Waals surface area contributed by atoms with Crippen LogP contribution >= 0.6 is 34.8 Å². The number of ketones is 1. The number of aromatic nitrogens is 2. The Balaban J connectivity index is 1.45. The molecule has 8 unspecified atom stereocenters. The second-order valence-electron chi connectivity index (χ2n) is 13.4. The van der Waals surface area contributed by atoms with Crippen LogP contribution in [0, 0.1) is 23.7 Å². The summed E-state index contributed by atoms with van der Waals surface area (Å²) in [6, 6.07) is 7.23. The molecule has 2 aliphatic rings. The van der Waals surface area contributed by atoms with Gasteiger partial charge in [0.15, 0.2) is 12.1 Å². The summed E-state index contributed by atoms with van der Waals surface area (Å²) in [5, 5.41) is 22.1. The number of ether oxygens (including phenoxy) is 5. The maximum atomic E-state index is 14.6. The number of nitrogens with zero attached hydrogens (tertiary/aromatic N) is 2. The van der Waals surface area contributed by atoms with Gasteiger partial charge in [0.1, 0.15) is 24.5 Å². The van der Waals surface area contributed by atoms with Gasteiger partial charge >= 0.3 is 6.09 Å². The van der Waals surface area contributed by atoms with E-state index in [1.807, 2.05) is 52.0 Å². The third-order valence-corrected chi connectivity index (χ3v) is 10.2. The Morgan fingerprint density at radius 1 is 1.26 bits per heavy atom. The average molecular weight is 754 g/mol. The highest BCUT2D eigenvalue weighted by molar-refractivity contribution is 6.76. The van der Waals surface area contributed by atoms with E-state index in [1.54, 1.807) is 24.9 Å². The van der Waals surface area contributed by atoms with Gasteiger partial charge in [0.25, 0.3) is 3.79 Å². The third-order valence-electron chi connectivity index (χ3n) is 9.68. The number of halogens is 3. The van der Waals surface area contributed by atoms with Gasteiger partial charge in [-0.1, -0.05) is 66.0 Å². The largest absolute Gasteiger partial charge is 0.445 e. The van der Waals surface area contributed by atoms with Crippen molar-refractivity contribution in [1.29, 1.82) is 5.41 Å². The molecule has 2 saturated heterocycles. The number of benzene rings is 1. The number of Topliss-reactive ketones (excluding diaryl/α,β-unsaturated/α-hetero) is 1. The molecule has 0 aliphatic carbocycles. The van der Waals surface area contributed by atoms with Crippen LogP contribution in [0.4, 0.5) is 4.79 Å². The number of rotatable bonds is 9. The number of alkyl halides is 3. The highest BCUT2D eigenvalue weighted by Crippen LogP contribution is 2.44. The lowest BCUT2D eigenvalue weighted by atomic mass is 9.70. The van der Waals surface area contributed by atoms with Crippen molar-refractivity contribution >= 4 is 74.4 Å². The lowest BCUT2D eigenvalue weighted by Crippen LogP contribution is -2.65. The van der Waals surface area contributed by atoms with Gasteiger partial charge < -0.3 is 38.7 Å². The van der Waals surface area contributed by atoms with E-state index in [9.17, 15) is 14.7 Å². The first-order chi connectivity index (χ1) is 23.5. The van der Waals surface area contributed by atoms with Crippen LogP contribution in [-0.2, 0) is 23.7 Å². The zero-order chi connectivity index (χ0) is 36.7. The number of aryl methyl sites for hydroxylation is 1. The molecule has 1 amide bonds. The molecule has 3 N–H and O–H groups in total. The molecule has 272 valence electrons. The first-order valence-corrected chi connectivity index (χ1v) is 17.5. The number of carbonyl (C=O) groups is 2. The minimum absolute atomic E-state index is 0.0692. The molecule has 15 heteroatoms. The van der Waals surface area contributed by atoms with E-state index in [0.29, 0.717) is 5.52 Å². The van der Waals surface area contributed by atoms with Crippen LogP contribution in [0.25, 0.3) is 21.8 Å². The predicted octanol–water partition coefficient (Wildman–Crippen LogP) is 6.85. The number of carbonyl (C=O) groups excluding carboxylic acids is 2. The lowest BCUT2D eigenvalue weighted by Gasteiger charge is -2.50. The van der Waals surface area contributed by atoms with Gasteiger partial charge in [-0.3, -0.25) is 15.2 Å². The van der Waals surface area contributed by atoms with Crippen LogP contribution < -0.4 is 0 Å². The maximum absolute atomic E-state index is 14.6. The number of pyridine rings is 1. The highest BCUT2D eigenvalue weighted by Gasteiger charge is 2.59. The minimum atomic E-state index is -2.24. The first kappa shape index (κ1) is 38.3. The summed E-state index contributed by atoms with van der Waals surface area (Å²) in [4.78, 5) is 36.9. The first-order valence-electron chi connectivity index (χ1n) is 16.4. The molecule has 1 aromatic carbocycles. The van der Waals surface area contributed by atoms with Gasteiger partial charge in [0, 0.05) is 34.9 Å². The molecule has 0 spiro atoms. The fourth-order valence-corrected chi connectivity index (χ4v) is 6.84. The quantitative estimate of drug-likeness (QED) is 0.0699. The van der Waals surface area contributed by atoms with E-state index < -0.39 is 57.9 Å². The number of hydrogen-bond donors (Lipinski definition) is 3. The zero-order valence-corrected chi connectivity index (χ0v) is 31.0. The summed E-state index contributed by atoms with van der Waals surface area (Å²) in [5.74, 6) is -1.41. The van der Waals surface area contributed by atoms with Crippen molar-refractivity contribution in [2.45, 2.75) is 94.7 Å². The number of aromatic amines is 1. The molecule has 3 aromatic rings. The Morgan fingerprint density at radius 3 is 2.62 bits per heavy atom. The Kier molecular flexibility index (Phi) is 11.4. The van der Waals surface area contributed by atoms with Gasteiger partial charge in [0.05, 0.1) is 29.7 Å². The number of nitrogens with one attached hydrogen (secondary N) is 2. The Hall–Kier alpha value is -2.97. The average Bonchev–Trinajstić information content (AvgIpc) is 3.42. The fourth-order valence-electron chi connectivity index (χ4n) is 6.71.